The summed E-state index contributed by atoms with van der Waals surface area (Å²) in [6.45, 7) is 0.213. The van der Waals surface area contributed by atoms with Crippen LogP contribution in [0.1, 0.15) is 16.7 Å². The van der Waals surface area contributed by atoms with Crippen molar-refractivity contribution in [2.45, 2.75) is 12.7 Å². The maximum atomic E-state index is 13.6. The summed E-state index contributed by atoms with van der Waals surface area (Å²) >= 11 is 0. The Balaban J connectivity index is 1.57. The highest BCUT2D eigenvalue weighted by atomic mass is 19.4. The molecule has 152 valence electrons. The second-order valence-electron chi connectivity index (χ2n) is 6.68. The van der Waals surface area contributed by atoms with Crippen LogP contribution in [0.15, 0.2) is 73.2 Å². The number of para-hydroxylation sites is 1. The standard InChI is InChI=1S/C22H17F3N4O/c23-22(24,25)18-10-15(7-8-20(18)28-12-14-4-3-9-26-11-14)27-13-17-16-5-1-2-6-19(16)29-21(17)30/h1-11,13,27-28H,12H2,(H,29,30). The van der Waals surface area contributed by atoms with Gasteiger partial charge in [0.25, 0.3) is 5.91 Å². The minimum atomic E-state index is -4.54. The Kier molecular flexibility index (Phi) is 5.14. The highest BCUT2D eigenvalue weighted by Gasteiger charge is 2.34. The number of fused-ring (bicyclic) bond motifs is 1. The summed E-state index contributed by atoms with van der Waals surface area (Å²) < 4.78 is 40.8. The van der Waals surface area contributed by atoms with Gasteiger partial charge in [0, 0.05) is 47.8 Å². The van der Waals surface area contributed by atoms with Crippen LogP contribution in [0.3, 0.4) is 0 Å². The van der Waals surface area contributed by atoms with E-state index in [0.29, 0.717) is 16.8 Å². The fourth-order valence-electron chi connectivity index (χ4n) is 3.16. The Labute approximate surface area is 170 Å². The van der Waals surface area contributed by atoms with Gasteiger partial charge in [-0.15, -0.1) is 0 Å². The van der Waals surface area contributed by atoms with Crippen LogP contribution in [0.25, 0.3) is 5.57 Å². The first-order chi connectivity index (χ1) is 14.4. The quantitative estimate of drug-likeness (QED) is 0.511. The molecule has 2 aromatic carbocycles. The Morgan fingerprint density at radius 2 is 1.90 bits per heavy atom. The summed E-state index contributed by atoms with van der Waals surface area (Å²) in [5.74, 6) is -0.311. The molecule has 0 aliphatic carbocycles. The lowest BCUT2D eigenvalue weighted by molar-refractivity contribution is -0.136. The molecule has 0 atom stereocenters. The van der Waals surface area contributed by atoms with Crippen molar-refractivity contribution in [3.05, 3.63) is 89.9 Å². The molecule has 3 aromatic rings. The number of hydrogen-bond acceptors (Lipinski definition) is 4. The van der Waals surface area contributed by atoms with Crippen LogP contribution >= 0.6 is 0 Å². The zero-order valence-corrected chi connectivity index (χ0v) is 15.6. The van der Waals surface area contributed by atoms with E-state index >= 15 is 0 Å². The summed E-state index contributed by atoms with van der Waals surface area (Å²) in [4.78, 5) is 16.1. The van der Waals surface area contributed by atoms with Crippen molar-refractivity contribution in [3.63, 3.8) is 0 Å². The zero-order chi connectivity index (χ0) is 21.1. The van der Waals surface area contributed by atoms with E-state index in [-0.39, 0.29) is 23.8 Å². The van der Waals surface area contributed by atoms with Gasteiger partial charge in [0.15, 0.2) is 0 Å². The van der Waals surface area contributed by atoms with Gasteiger partial charge in [-0.2, -0.15) is 13.2 Å². The van der Waals surface area contributed by atoms with Gasteiger partial charge in [-0.1, -0.05) is 24.3 Å². The molecule has 0 bridgehead atoms. The summed E-state index contributed by atoms with van der Waals surface area (Å²) in [6.07, 6.45) is 0.0638. The molecule has 1 aromatic heterocycles. The van der Waals surface area contributed by atoms with Crippen molar-refractivity contribution < 1.29 is 18.0 Å². The Morgan fingerprint density at radius 1 is 1.07 bits per heavy atom. The fraction of sp³-hybridized carbons (Fsp3) is 0.0909. The Hall–Kier alpha value is -3.81. The molecule has 30 heavy (non-hydrogen) atoms. The molecule has 1 amide bonds. The van der Waals surface area contributed by atoms with Crippen LogP contribution in [0.5, 0.6) is 0 Å². The molecule has 1 aliphatic heterocycles. The minimum Gasteiger partial charge on any atom is -0.380 e. The van der Waals surface area contributed by atoms with Gasteiger partial charge >= 0.3 is 6.18 Å². The van der Waals surface area contributed by atoms with Gasteiger partial charge in [-0.25, -0.2) is 0 Å². The lowest BCUT2D eigenvalue weighted by Crippen LogP contribution is -2.11. The molecule has 0 radical (unpaired) electrons. The summed E-state index contributed by atoms with van der Waals surface area (Å²) in [5.41, 5.74) is 1.88. The van der Waals surface area contributed by atoms with Gasteiger partial charge in [0.2, 0.25) is 0 Å². The highest BCUT2D eigenvalue weighted by molar-refractivity contribution is 6.31. The van der Waals surface area contributed by atoms with Crippen molar-refractivity contribution in [2.75, 3.05) is 16.0 Å². The number of amides is 1. The third kappa shape index (κ3) is 4.12. The number of pyridine rings is 1. The number of anilines is 3. The normalized spacial score (nSPS) is 14.4. The van der Waals surface area contributed by atoms with Gasteiger partial charge < -0.3 is 16.0 Å². The monoisotopic (exact) mass is 410 g/mol. The molecular weight excluding hydrogens is 393 g/mol. The van der Waals surface area contributed by atoms with Crippen molar-refractivity contribution in [2.24, 2.45) is 0 Å². The Morgan fingerprint density at radius 3 is 2.67 bits per heavy atom. The second-order valence-corrected chi connectivity index (χ2v) is 6.68. The largest absolute Gasteiger partial charge is 0.418 e. The zero-order valence-electron chi connectivity index (χ0n) is 15.6. The number of halogens is 3. The predicted molar refractivity (Wildman–Crippen MR) is 110 cm³/mol. The molecule has 0 saturated heterocycles. The highest BCUT2D eigenvalue weighted by Crippen LogP contribution is 2.37. The summed E-state index contributed by atoms with van der Waals surface area (Å²) in [7, 11) is 0. The van der Waals surface area contributed by atoms with E-state index in [1.54, 1.807) is 48.8 Å². The van der Waals surface area contributed by atoms with Gasteiger partial charge in [-0.3, -0.25) is 9.78 Å². The molecule has 5 nitrogen and oxygen atoms in total. The van der Waals surface area contributed by atoms with Crippen LogP contribution in [-0.4, -0.2) is 10.9 Å². The number of alkyl halides is 3. The third-order valence-electron chi connectivity index (χ3n) is 4.62. The van der Waals surface area contributed by atoms with Gasteiger partial charge in [0.05, 0.1) is 11.1 Å². The first-order valence-corrected chi connectivity index (χ1v) is 9.13. The first kappa shape index (κ1) is 19.5. The second kappa shape index (κ2) is 7.90. The molecule has 0 spiro atoms. The maximum Gasteiger partial charge on any atom is 0.418 e. The van der Waals surface area contributed by atoms with Crippen LogP contribution < -0.4 is 16.0 Å². The number of carbonyl (C=O) groups excluding carboxylic acids is 1. The van der Waals surface area contributed by atoms with E-state index < -0.39 is 11.7 Å². The van der Waals surface area contributed by atoms with E-state index in [4.69, 9.17) is 0 Å². The van der Waals surface area contributed by atoms with E-state index in [2.05, 4.69) is 20.9 Å². The number of carbonyl (C=O) groups is 1. The van der Waals surface area contributed by atoms with Crippen molar-refractivity contribution in [1.82, 2.24) is 4.98 Å². The van der Waals surface area contributed by atoms with Crippen LogP contribution in [-0.2, 0) is 17.5 Å². The molecule has 4 rings (SSSR count). The number of nitrogens with one attached hydrogen (secondary N) is 3. The van der Waals surface area contributed by atoms with Crippen LogP contribution in [0.4, 0.5) is 30.2 Å². The summed E-state index contributed by atoms with van der Waals surface area (Å²) in [5, 5.41) is 8.34. The first-order valence-electron chi connectivity index (χ1n) is 9.13. The number of aromatic nitrogens is 1. The number of rotatable bonds is 5. The van der Waals surface area contributed by atoms with Gasteiger partial charge in [0.1, 0.15) is 0 Å². The molecule has 3 N–H and O–H groups in total. The SMILES string of the molecule is O=C1Nc2ccccc2C1=CNc1ccc(NCc2cccnc2)c(C(F)(F)F)c1. The van der Waals surface area contributed by atoms with Crippen LogP contribution in [0.2, 0.25) is 0 Å². The predicted octanol–water partition coefficient (Wildman–Crippen LogP) is 5.12. The molecule has 2 heterocycles. The average molecular weight is 410 g/mol. The van der Waals surface area contributed by atoms with Crippen molar-refractivity contribution in [1.29, 1.82) is 0 Å². The average Bonchev–Trinajstić information content (AvgIpc) is 3.06. The van der Waals surface area contributed by atoms with E-state index in [9.17, 15) is 18.0 Å². The fourth-order valence-corrected chi connectivity index (χ4v) is 3.16. The maximum absolute atomic E-state index is 13.6. The van der Waals surface area contributed by atoms with E-state index in [1.165, 1.54) is 18.3 Å². The number of nitrogens with zero attached hydrogens (tertiary/aromatic N) is 1. The molecule has 0 saturated carbocycles. The van der Waals surface area contributed by atoms with E-state index in [1.807, 2.05) is 0 Å². The molecule has 0 unspecified atom stereocenters. The minimum absolute atomic E-state index is 0.0338. The van der Waals surface area contributed by atoms with E-state index in [0.717, 1.165) is 11.6 Å². The van der Waals surface area contributed by atoms with Crippen LogP contribution in [0, 0.1) is 0 Å². The number of hydrogen-bond donors (Lipinski definition) is 3. The molecular formula is C22H17F3N4O. The van der Waals surface area contributed by atoms with Crippen molar-refractivity contribution in [3.8, 4) is 0 Å². The lowest BCUT2D eigenvalue weighted by Gasteiger charge is -2.16. The third-order valence-corrected chi connectivity index (χ3v) is 4.62. The van der Waals surface area contributed by atoms with Gasteiger partial charge in [-0.05, 0) is 35.9 Å². The smallest absolute Gasteiger partial charge is 0.380 e. The molecule has 8 heteroatoms. The topological polar surface area (TPSA) is 66.1 Å². The summed E-state index contributed by atoms with van der Waals surface area (Å²) in [6, 6.07) is 14.5. The molecule has 1 aliphatic rings. The molecule has 0 fully saturated rings. The number of benzene rings is 2. The Bertz CT molecular complexity index is 1110. The lowest BCUT2D eigenvalue weighted by atomic mass is 10.1. The van der Waals surface area contributed by atoms with Crippen molar-refractivity contribution >= 4 is 28.5 Å².